The van der Waals surface area contributed by atoms with Gasteiger partial charge in [-0.2, -0.15) is 0 Å². The van der Waals surface area contributed by atoms with Gasteiger partial charge in [-0.1, -0.05) is 30.3 Å². The first-order valence-corrected chi connectivity index (χ1v) is 9.05. The van der Waals surface area contributed by atoms with Crippen molar-refractivity contribution >= 4 is 11.6 Å². The number of carbonyl (C=O) groups is 1. The summed E-state index contributed by atoms with van der Waals surface area (Å²) in [7, 11) is 0. The van der Waals surface area contributed by atoms with E-state index in [1.165, 1.54) is 0 Å². The molecule has 0 saturated carbocycles. The second-order valence-electron chi connectivity index (χ2n) is 6.36. The van der Waals surface area contributed by atoms with E-state index < -0.39 is 0 Å². The number of benzene rings is 2. The SMILES string of the molecule is CCOc1ccc(NC2c3ncccc3C(=O)N2Cc2ccccc2)cc1. The predicted octanol–water partition coefficient (Wildman–Crippen LogP) is 4.25. The molecule has 1 amide bonds. The third kappa shape index (κ3) is 3.49. The maximum absolute atomic E-state index is 13.0. The van der Waals surface area contributed by atoms with Crippen LogP contribution in [0, 0.1) is 0 Å². The van der Waals surface area contributed by atoms with Crippen LogP contribution in [0.15, 0.2) is 72.9 Å². The van der Waals surface area contributed by atoms with Crippen LogP contribution in [0.1, 0.15) is 34.7 Å². The highest BCUT2D eigenvalue weighted by atomic mass is 16.5. The largest absolute Gasteiger partial charge is 0.494 e. The van der Waals surface area contributed by atoms with E-state index in [4.69, 9.17) is 4.74 Å². The third-order valence-electron chi connectivity index (χ3n) is 4.56. The van der Waals surface area contributed by atoms with E-state index >= 15 is 0 Å². The van der Waals surface area contributed by atoms with E-state index in [9.17, 15) is 4.79 Å². The Balaban J connectivity index is 1.62. The Morgan fingerprint density at radius 1 is 1.04 bits per heavy atom. The lowest BCUT2D eigenvalue weighted by Crippen LogP contribution is -2.32. The van der Waals surface area contributed by atoms with Crippen LogP contribution in [0.2, 0.25) is 0 Å². The van der Waals surface area contributed by atoms with Gasteiger partial charge in [-0.15, -0.1) is 0 Å². The van der Waals surface area contributed by atoms with E-state index in [1.807, 2.05) is 72.5 Å². The number of hydrogen-bond acceptors (Lipinski definition) is 4. The lowest BCUT2D eigenvalue weighted by atomic mass is 10.2. The first-order chi connectivity index (χ1) is 13.3. The third-order valence-corrected chi connectivity index (χ3v) is 4.56. The number of nitrogens with one attached hydrogen (secondary N) is 1. The highest BCUT2D eigenvalue weighted by molar-refractivity contribution is 5.98. The molecule has 2 heterocycles. The Morgan fingerprint density at radius 3 is 2.56 bits per heavy atom. The summed E-state index contributed by atoms with van der Waals surface area (Å²) in [6, 6.07) is 21.4. The second-order valence-corrected chi connectivity index (χ2v) is 6.36. The summed E-state index contributed by atoms with van der Waals surface area (Å²) < 4.78 is 5.50. The topological polar surface area (TPSA) is 54.5 Å². The van der Waals surface area contributed by atoms with Crippen LogP contribution in [-0.2, 0) is 6.54 Å². The van der Waals surface area contributed by atoms with Crippen LogP contribution in [0.3, 0.4) is 0 Å². The molecule has 1 aliphatic rings. The number of nitrogens with zero attached hydrogens (tertiary/aromatic N) is 2. The van der Waals surface area contributed by atoms with Gasteiger partial charge >= 0.3 is 0 Å². The van der Waals surface area contributed by atoms with Gasteiger partial charge < -0.3 is 15.0 Å². The molecule has 5 nitrogen and oxygen atoms in total. The number of pyridine rings is 1. The summed E-state index contributed by atoms with van der Waals surface area (Å²) in [5.74, 6) is 0.815. The fourth-order valence-electron chi connectivity index (χ4n) is 3.30. The van der Waals surface area contributed by atoms with Gasteiger partial charge in [-0.05, 0) is 48.9 Å². The molecule has 3 aromatic rings. The quantitative estimate of drug-likeness (QED) is 0.715. The van der Waals surface area contributed by atoms with Gasteiger partial charge in [0.25, 0.3) is 5.91 Å². The first kappa shape index (κ1) is 17.1. The molecule has 1 atom stereocenters. The molecule has 2 aromatic carbocycles. The molecule has 1 aliphatic heterocycles. The van der Waals surface area contributed by atoms with Crippen molar-refractivity contribution in [3.05, 3.63) is 89.7 Å². The van der Waals surface area contributed by atoms with E-state index in [1.54, 1.807) is 12.3 Å². The minimum absolute atomic E-state index is 0.00890. The molecule has 0 saturated heterocycles. The van der Waals surface area contributed by atoms with Gasteiger partial charge in [-0.25, -0.2) is 0 Å². The highest BCUT2D eigenvalue weighted by Crippen LogP contribution is 2.34. The van der Waals surface area contributed by atoms with Crippen LogP contribution in [0.5, 0.6) is 5.75 Å². The molecule has 1 aromatic heterocycles. The Morgan fingerprint density at radius 2 is 1.81 bits per heavy atom. The summed E-state index contributed by atoms with van der Waals surface area (Å²) in [5, 5.41) is 3.45. The number of carbonyl (C=O) groups excluding carboxylic acids is 1. The van der Waals surface area contributed by atoms with Crippen molar-refractivity contribution < 1.29 is 9.53 Å². The van der Waals surface area contributed by atoms with Crippen molar-refractivity contribution in [1.29, 1.82) is 0 Å². The minimum Gasteiger partial charge on any atom is -0.494 e. The van der Waals surface area contributed by atoms with Crippen LogP contribution in [-0.4, -0.2) is 22.4 Å². The van der Waals surface area contributed by atoms with E-state index in [0.29, 0.717) is 18.7 Å². The Bertz CT molecular complexity index is 926. The molecular formula is C22H21N3O2. The molecule has 27 heavy (non-hydrogen) atoms. The lowest BCUT2D eigenvalue weighted by molar-refractivity contribution is 0.0727. The van der Waals surface area contributed by atoms with Crippen molar-refractivity contribution in [3.63, 3.8) is 0 Å². The zero-order valence-electron chi connectivity index (χ0n) is 15.1. The number of hydrogen-bond donors (Lipinski definition) is 1. The minimum atomic E-state index is -0.313. The molecule has 0 aliphatic carbocycles. The Kier molecular flexibility index (Phi) is 4.75. The van der Waals surface area contributed by atoms with E-state index in [-0.39, 0.29) is 12.1 Å². The Labute approximate surface area is 158 Å². The number of fused-ring (bicyclic) bond motifs is 1. The lowest BCUT2D eigenvalue weighted by Gasteiger charge is -2.26. The summed E-state index contributed by atoms with van der Waals surface area (Å²) >= 11 is 0. The van der Waals surface area contributed by atoms with Crippen molar-refractivity contribution in [2.45, 2.75) is 19.6 Å². The number of amides is 1. The highest BCUT2D eigenvalue weighted by Gasteiger charge is 2.37. The van der Waals surface area contributed by atoms with Gasteiger partial charge in [0.1, 0.15) is 11.9 Å². The fraction of sp³-hybridized carbons (Fsp3) is 0.182. The molecule has 0 bridgehead atoms. The van der Waals surface area contributed by atoms with Crippen molar-refractivity contribution in [2.75, 3.05) is 11.9 Å². The molecular weight excluding hydrogens is 338 g/mol. The summed E-state index contributed by atoms with van der Waals surface area (Å²) in [6.07, 6.45) is 1.41. The number of anilines is 1. The zero-order valence-corrected chi connectivity index (χ0v) is 15.1. The maximum Gasteiger partial charge on any atom is 0.258 e. The standard InChI is InChI=1S/C22H21N3O2/c1-2-27-18-12-10-17(11-13-18)24-21-20-19(9-6-14-23-20)22(26)25(21)15-16-7-4-3-5-8-16/h3-14,21,24H,2,15H2,1H3. The van der Waals surface area contributed by atoms with Crippen molar-refractivity contribution in [3.8, 4) is 5.75 Å². The zero-order chi connectivity index (χ0) is 18.6. The van der Waals surface area contributed by atoms with Crippen LogP contribution < -0.4 is 10.1 Å². The number of ether oxygens (including phenoxy) is 1. The van der Waals surface area contributed by atoms with Crippen molar-refractivity contribution in [1.82, 2.24) is 9.88 Å². The normalized spacial score (nSPS) is 15.5. The predicted molar refractivity (Wildman–Crippen MR) is 105 cm³/mol. The molecule has 136 valence electrons. The summed E-state index contributed by atoms with van der Waals surface area (Å²) in [4.78, 5) is 19.3. The number of rotatable bonds is 6. The van der Waals surface area contributed by atoms with Crippen molar-refractivity contribution in [2.24, 2.45) is 0 Å². The summed E-state index contributed by atoms with van der Waals surface area (Å²) in [6.45, 7) is 3.11. The molecule has 4 rings (SSSR count). The fourth-order valence-corrected chi connectivity index (χ4v) is 3.30. The van der Waals surface area contributed by atoms with Gasteiger partial charge in [0, 0.05) is 18.4 Å². The molecule has 1 N–H and O–H groups in total. The van der Waals surface area contributed by atoms with Gasteiger partial charge in [0.15, 0.2) is 0 Å². The maximum atomic E-state index is 13.0. The van der Waals surface area contributed by atoms with Gasteiger partial charge in [-0.3, -0.25) is 9.78 Å². The smallest absolute Gasteiger partial charge is 0.258 e. The van der Waals surface area contributed by atoms with Crippen LogP contribution in [0.4, 0.5) is 5.69 Å². The molecule has 1 unspecified atom stereocenters. The second kappa shape index (κ2) is 7.50. The van der Waals surface area contributed by atoms with Gasteiger partial charge in [0.2, 0.25) is 0 Å². The van der Waals surface area contributed by atoms with Gasteiger partial charge in [0.05, 0.1) is 17.9 Å². The molecule has 5 heteroatoms. The first-order valence-electron chi connectivity index (χ1n) is 9.05. The Hall–Kier alpha value is -3.34. The monoisotopic (exact) mass is 359 g/mol. The van der Waals surface area contributed by atoms with E-state index in [2.05, 4.69) is 10.3 Å². The van der Waals surface area contributed by atoms with Crippen LogP contribution >= 0.6 is 0 Å². The molecule has 0 fully saturated rings. The summed E-state index contributed by atoms with van der Waals surface area (Å²) in [5.41, 5.74) is 3.40. The molecule has 0 radical (unpaired) electrons. The van der Waals surface area contributed by atoms with Crippen LogP contribution in [0.25, 0.3) is 0 Å². The van der Waals surface area contributed by atoms with E-state index in [0.717, 1.165) is 22.7 Å². The average Bonchev–Trinajstić information content (AvgIpc) is 2.97. The average molecular weight is 359 g/mol. The number of aromatic nitrogens is 1. The molecule has 0 spiro atoms.